The van der Waals surface area contributed by atoms with Crippen molar-refractivity contribution < 1.29 is 26.7 Å². The van der Waals surface area contributed by atoms with Gasteiger partial charge in [0.05, 0.1) is 18.7 Å². The molecule has 0 spiro atoms. The van der Waals surface area contributed by atoms with Crippen LogP contribution in [0, 0.1) is 11.6 Å². The van der Waals surface area contributed by atoms with E-state index in [-0.39, 0.29) is 17.8 Å². The van der Waals surface area contributed by atoms with Gasteiger partial charge in [0.15, 0.2) is 17.4 Å². The molecule has 0 amide bonds. The maximum Gasteiger partial charge on any atom is 0.389 e. The number of rotatable bonds is 8. The van der Waals surface area contributed by atoms with Crippen LogP contribution in [0.3, 0.4) is 0 Å². The van der Waals surface area contributed by atoms with E-state index in [9.17, 15) is 26.7 Å². The predicted molar refractivity (Wildman–Crippen MR) is 104 cm³/mol. The van der Waals surface area contributed by atoms with Crippen molar-refractivity contribution in [1.29, 1.82) is 0 Å². The molecule has 0 aliphatic rings. The Morgan fingerprint density at radius 1 is 1.19 bits per heavy atom. The van der Waals surface area contributed by atoms with Crippen molar-refractivity contribution in [3.63, 3.8) is 0 Å². The summed E-state index contributed by atoms with van der Waals surface area (Å²) in [5, 5.41) is 9.27. The molecule has 0 radical (unpaired) electrons. The highest BCUT2D eigenvalue weighted by Crippen LogP contribution is 2.23. The number of benzene rings is 1. The van der Waals surface area contributed by atoms with Crippen LogP contribution in [-0.4, -0.2) is 42.7 Å². The number of aromatic nitrogens is 5. The van der Waals surface area contributed by atoms with Crippen LogP contribution in [0.2, 0.25) is 0 Å². The molecule has 0 aliphatic heterocycles. The van der Waals surface area contributed by atoms with Crippen LogP contribution in [-0.2, 0) is 4.79 Å². The maximum absolute atomic E-state index is 14.1. The van der Waals surface area contributed by atoms with Gasteiger partial charge < -0.3 is 16.4 Å². The zero-order chi connectivity index (χ0) is 23.5. The Morgan fingerprint density at radius 3 is 2.53 bits per heavy atom. The maximum atomic E-state index is 14.1. The first-order valence-electron chi connectivity index (χ1n) is 9.16. The highest BCUT2D eigenvalue weighted by molar-refractivity contribution is 5.86. The zero-order valence-electron chi connectivity index (χ0n) is 16.5. The van der Waals surface area contributed by atoms with Gasteiger partial charge in [-0.1, -0.05) is 0 Å². The Balaban J connectivity index is 1.76. The van der Waals surface area contributed by atoms with Crippen molar-refractivity contribution in [2.24, 2.45) is 0 Å². The van der Waals surface area contributed by atoms with Crippen LogP contribution in [0.5, 0.6) is 0 Å². The third-order valence-corrected chi connectivity index (χ3v) is 4.14. The quantitative estimate of drug-likeness (QED) is 0.441. The van der Waals surface area contributed by atoms with Crippen molar-refractivity contribution in [3.05, 3.63) is 42.1 Å². The molecule has 9 nitrogen and oxygen atoms in total. The first kappa shape index (κ1) is 22.8. The molecule has 1 atom stereocenters. The third kappa shape index (κ3) is 5.86. The fraction of sp³-hybridized carbons (Fsp3) is 0.278. The Bertz CT molecular complexity index is 1100. The Labute approximate surface area is 177 Å². The van der Waals surface area contributed by atoms with Gasteiger partial charge in [-0.25, -0.2) is 13.8 Å². The molecule has 0 saturated carbocycles. The second-order valence-corrected chi connectivity index (χ2v) is 6.65. The number of Topliss-reactive ketones (excluding diaryl/α,β-unsaturated/α-hetero) is 1. The molecule has 1 aromatic carbocycles. The minimum absolute atomic E-state index is 0.0206. The van der Waals surface area contributed by atoms with E-state index >= 15 is 0 Å². The molecule has 170 valence electrons. The number of nitrogens with two attached hydrogens (primary N) is 1. The molecule has 3 rings (SSSR count). The van der Waals surface area contributed by atoms with Crippen LogP contribution >= 0.6 is 0 Å². The first-order chi connectivity index (χ1) is 15.0. The smallest absolute Gasteiger partial charge is 0.368 e. The lowest BCUT2D eigenvalue weighted by molar-refractivity contribution is -0.143. The summed E-state index contributed by atoms with van der Waals surface area (Å²) in [5.41, 5.74) is 6.27. The normalized spacial score (nSPS) is 12.4. The minimum Gasteiger partial charge on any atom is -0.368 e. The topological polar surface area (TPSA) is 124 Å². The van der Waals surface area contributed by atoms with E-state index in [1.165, 1.54) is 31.2 Å². The van der Waals surface area contributed by atoms with E-state index in [4.69, 9.17) is 5.73 Å². The van der Waals surface area contributed by atoms with Gasteiger partial charge in [0.2, 0.25) is 11.9 Å². The summed E-state index contributed by atoms with van der Waals surface area (Å²) < 4.78 is 65.0. The van der Waals surface area contributed by atoms with Gasteiger partial charge in [0, 0.05) is 12.1 Å². The van der Waals surface area contributed by atoms with Gasteiger partial charge in [0.1, 0.15) is 5.82 Å². The van der Waals surface area contributed by atoms with Crippen molar-refractivity contribution >= 4 is 29.2 Å². The summed E-state index contributed by atoms with van der Waals surface area (Å²) in [5.74, 6) is -2.92. The lowest BCUT2D eigenvalue weighted by atomic mass is 10.1. The van der Waals surface area contributed by atoms with Crippen molar-refractivity contribution in [2.45, 2.75) is 32.0 Å². The highest BCUT2D eigenvalue weighted by atomic mass is 19.4. The first-order valence-corrected chi connectivity index (χ1v) is 9.16. The SMILES string of the molecule is C[C@H](Nc1nc(-n2nc(Nc3ccc(F)cc3)nc2N)ncc1F)C(=O)CCC(F)(F)F. The van der Waals surface area contributed by atoms with Crippen LogP contribution in [0.15, 0.2) is 30.5 Å². The largest absolute Gasteiger partial charge is 0.389 e. The van der Waals surface area contributed by atoms with Crippen LogP contribution < -0.4 is 16.4 Å². The number of anilines is 4. The number of hydrogen-bond acceptors (Lipinski definition) is 8. The molecule has 0 fully saturated rings. The number of ketones is 1. The number of alkyl halides is 3. The van der Waals surface area contributed by atoms with E-state index in [2.05, 4.69) is 30.7 Å². The lowest BCUT2D eigenvalue weighted by Gasteiger charge is -2.15. The number of nitrogens with zero attached hydrogens (tertiary/aromatic N) is 5. The number of hydrogen-bond donors (Lipinski definition) is 3. The Morgan fingerprint density at radius 2 is 1.88 bits per heavy atom. The molecule has 14 heteroatoms. The molecule has 2 aromatic heterocycles. The predicted octanol–water partition coefficient (Wildman–Crippen LogP) is 3.37. The standard InChI is InChI=1S/C18H17F5N8O/c1-9(13(32)6-7-18(21,22)23)26-14-12(20)8-25-17(28-14)31-15(24)29-16(30-31)27-11-4-2-10(19)3-5-11/h2-5,8-9H,6-7H2,1H3,(H,25,26,28)(H3,24,27,29,30)/t9-/m0/s1. The fourth-order valence-corrected chi connectivity index (χ4v) is 2.51. The molecular weight excluding hydrogens is 439 g/mol. The summed E-state index contributed by atoms with van der Waals surface area (Å²) >= 11 is 0. The molecule has 0 bridgehead atoms. The lowest BCUT2D eigenvalue weighted by Crippen LogP contribution is -2.28. The molecule has 32 heavy (non-hydrogen) atoms. The van der Waals surface area contributed by atoms with E-state index in [1.54, 1.807) is 0 Å². The van der Waals surface area contributed by atoms with Gasteiger partial charge in [-0.3, -0.25) is 4.79 Å². The average Bonchev–Trinajstić information content (AvgIpc) is 3.09. The zero-order valence-corrected chi connectivity index (χ0v) is 16.5. The second-order valence-electron chi connectivity index (χ2n) is 6.65. The van der Waals surface area contributed by atoms with Crippen LogP contribution in [0.1, 0.15) is 19.8 Å². The molecule has 0 unspecified atom stereocenters. The number of nitrogens with one attached hydrogen (secondary N) is 2. The van der Waals surface area contributed by atoms with Crippen molar-refractivity contribution in [3.8, 4) is 5.95 Å². The van der Waals surface area contributed by atoms with E-state index in [0.717, 1.165) is 10.9 Å². The van der Waals surface area contributed by atoms with E-state index in [1.807, 2.05) is 0 Å². The van der Waals surface area contributed by atoms with Gasteiger partial charge in [0.25, 0.3) is 5.95 Å². The van der Waals surface area contributed by atoms with Crippen molar-refractivity contribution in [2.75, 3.05) is 16.4 Å². The summed E-state index contributed by atoms with van der Waals surface area (Å²) in [7, 11) is 0. The Hall–Kier alpha value is -3.84. The highest BCUT2D eigenvalue weighted by Gasteiger charge is 2.29. The van der Waals surface area contributed by atoms with Gasteiger partial charge in [-0.05, 0) is 31.2 Å². The summed E-state index contributed by atoms with van der Waals surface area (Å²) in [6, 6.07) is 4.19. The average molecular weight is 456 g/mol. The molecular formula is C18H17F5N8O. The summed E-state index contributed by atoms with van der Waals surface area (Å²) in [6.45, 7) is 1.29. The van der Waals surface area contributed by atoms with E-state index in [0.29, 0.717) is 5.69 Å². The monoisotopic (exact) mass is 456 g/mol. The van der Waals surface area contributed by atoms with Gasteiger partial charge >= 0.3 is 6.18 Å². The summed E-state index contributed by atoms with van der Waals surface area (Å²) in [6.07, 6.45) is -5.74. The molecule has 3 aromatic rings. The number of carbonyl (C=O) groups is 1. The van der Waals surface area contributed by atoms with Crippen LogP contribution in [0.4, 0.5) is 45.4 Å². The molecule has 0 saturated heterocycles. The molecule has 4 N–H and O–H groups in total. The van der Waals surface area contributed by atoms with Crippen LogP contribution in [0.25, 0.3) is 5.95 Å². The van der Waals surface area contributed by atoms with Gasteiger partial charge in [-0.15, -0.1) is 5.10 Å². The third-order valence-electron chi connectivity index (χ3n) is 4.14. The number of halogens is 5. The fourth-order valence-electron chi connectivity index (χ4n) is 2.51. The Kier molecular flexibility index (Phi) is 6.50. The van der Waals surface area contributed by atoms with Crippen molar-refractivity contribution in [1.82, 2.24) is 24.7 Å². The second kappa shape index (κ2) is 9.11. The number of carbonyl (C=O) groups excluding carboxylic acids is 1. The molecule has 0 aliphatic carbocycles. The molecule has 2 heterocycles. The number of nitrogen functional groups attached to an aromatic ring is 1. The van der Waals surface area contributed by atoms with Gasteiger partial charge in [-0.2, -0.15) is 27.8 Å². The minimum atomic E-state index is -4.48. The summed E-state index contributed by atoms with van der Waals surface area (Å²) in [4.78, 5) is 23.5. The van der Waals surface area contributed by atoms with E-state index < -0.39 is 48.3 Å².